The number of nitrogens with zero attached hydrogens (tertiary/aromatic N) is 1. The number of anilines is 1. The molecule has 1 aromatic rings. The lowest BCUT2D eigenvalue weighted by Crippen LogP contribution is -2.15. The predicted molar refractivity (Wildman–Crippen MR) is 59.1 cm³/mol. The highest BCUT2D eigenvalue weighted by Gasteiger charge is 2.21. The second-order valence-corrected chi connectivity index (χ2v) is 4.00. The zero-order valence-electron chi connectivity index (χ0n) is 7.95. The van der Waals surface area contributed by atoms with Gasteiger partial charge in [-0.15, -0.1) is 0 Å². The third kappa shape index (κ3) is 1.35. The molecule has 1 aliphatic rings. The Morgan fingerprint density at radius 3 is 2.85 bits per heavy atom. The van der Waals surface area contributed by atoms with Crippen molar-refractivity contribution in [1.29, 1.82) is 0 Å². The van der Waals surface area contributed by atoms with E-state index in [9.17, 15) is 0 Å². The van der Waals surface area contributed by atoms with E-state index in [4.69, 9.17) is 0 Å². The Morgan fingerprint density at radius 2 is 2.15 bits per heavy atom. The highest BCUT2D eigenvalue weighted by molar-refractivity contribution is 8.03. The molecule has 68 valence electrons. The Hall–Kier alpha value is -0.890. The van der Waals surface area contributed by atoms with Crippen molar-refractivity contribution in [1.82, 2.24) is 0 Å². The molecular weight excluding hydrogens is 178 g/mol. The van der Waals surface area contributed by atoms with Crippen LogP contribution in [0.3, 0.4) is 0 Å². The molecule has 13 heavy (non-hydrogen) atoms. The number of para-hydroxylation sites is 1. The highest BCUT2D eigenvalue weighted by Crippen LogP contribution is 2.45. The molecule has 0 spiro atoms. The summed E-state index contributed by atoms with van der Waals surface area (Å²) in [5.74, 6) is 0. The number of benzene rings is 1. The van der Waals surface area contributed by atoms with Crippen molar-refractivity contribution in [2.45, 2.75) is 18.7 Å². The predicted octanol–water partition coefficient (Wildman–Crippen LogP) is 3.48. The van der Waals surface area contributed by atoms with E-state index in [1.807, 2.05) is 11.8 Å². The van der Waals surface area contributed by atoms with Crippen molar-refractivity contribution in [3.8, 4) is 0 Å². The molecule has 2 rings (SSSR count). The fourth-order valence-electron chi connectivity index (χ4n) is 1.59. The van der Waals surface area contributed by atoms with Gasteiger partial charge in [0.25, 0.3) is 0 Å². The van der Waals surface area contributed by atoms with E-state index < -0.39 is 0 Å². The minimum absolute atomic E-state index is 1.05. The SMILES string of the molecule is C/C=C1/Sc2ccccc2N1CC. The largest absolute Gasteiger partial charge is 0.336 e. The molecule has 0 radical (unpaired) electrons. The fourth-order valence-corrected chi connectivity index (χ4v) is 2.70. The molecule has 0 fully saturated rings. The normalized spacial score (nSPS) is 18.0. The van der Waals surface area contributed by atoms with Gasteiger partial charge in [-0.3, -0.25) is 0 Å². The summed E-state index contributed by atoms with van der Waals surface area (Å²) in [5, 5.41) is 1.35. The van der Waals surface area contributed by atoms with Gasteiger partial charge in [0.2, 0.25) is 0 Å². The first-order chi connectivity index (χ1) is 6.36. The fraction of sp³-hybridized carbons (Fsp3) is 0.273. The molecule has 0 aliphatic carbocycles. The smallest absolute Gasteiger partial charge is 0.0757 e. The Kier molecular flexibility index (Phi) is 2.32. The highest BCUT2D eigenvalue weighted by atomic mass is 32.2. The van der Waals surface area contributed by atoms with E-state index in [0.29, 0.717) is 0 Å². The molecule has 0 saturated heterocycles. The van der Waals surface area contributed by atoms with Crippen molar-refractivity contribution in [2.75, 3.05) is 11.4 Å². The third-order valence-electron chi connectivity index (χ3n) is 2.20. The molecule has 1 nitrogen and oxygen atoms in total. The topological polar surface area (TPSA) is 3.24 Å². The molecule has 0 saturated carbocycles. The second kappa shape index (κ2) is 3.46. The van der Waals surface area contributed by atoms with Gasteiger partial charge >= 0.3 is 0 Å². The van der Waals surface area contributed by atoms with Crippen LogP contribution >= 0.6 is 11.8 Å². The number of fused-ring (bicyclic) bond motifs is 1. The minimum atomic E-state index is 1.05. The lowest BCUT2D eigenvalue weighted by Gasteiger charge is -2.17. The lowest BCUT2D eigenvalue weighted by atomic mass is 10.3. The first-order valence-corrected chi connectivity index (χ1v) is 5.39. The molecular formula is C11H13NS. The molecule has 1 aromatic carbocycles. The monoisotopic (exact) mass is 191 g/mol. The summed E-state index contributed by atoms with van der Waals surface area (Å²) in [5.41, 5.74) is 1.35. The molecule has 2 heteroatoms. The average Bonchev–Trinajstić information content (AvgIpc) is 2.55. The second-order valence-electron chi connectivity index (χ2n) is 2.94. The van der Waals surface area contributed by atoms with E-state index >= 15 is 0 Å². The van der Waals surface area contributed by atoms with Crippen LogP contribution < -0.4 is 4.90 Å². The van der Waals surface area contributed by atoms with Crippen molar-refractivity contribution in [3.63, 3.8) is 0 Å². The zero-order chi connectivity index (χ0) is 9.26. The van der Waals surface area contributed by atoms with Crippen LogP contribution in [-0.2, 0) is 0 Å². The maximum absolute atomic E-state index is 2.35. The average molecular weight is 191 g/mol. The van der Waals surface area contributed by atoms with E-state index in [1.54, 1.807) is 0 Å². The van der Waals surface area contributed by atoms with Crippen LogP contribution in [0.25, 0.3) is 0 Å². The minimum Gasteiger partial charge on any atom is -0.336 e. The summed E-state index contributed by atoms with van der Waals surface area (Å²) < 4.78 is 0. The van der Waals surface area contributed by atoms with Gasteiger partial charge < -0.3 is 4.90 Å². The molecule has 1 aliphatic heterocycles. The van der Waals surface area contributed by atoms with Crippen molar-refractivity contribution < 1.29 is 0 Å². The zero-order valence-corrected chi connectivity index (χ0v) is 8.77. The summed E-state index contributed by atoms with van der Waals surface area (Å²) in [4.78, 5) is 3.72. The Morgan fingerprint density at radius 1 is 1.38 bits per heavy atom. The molecule has 0 unspecified atom stereocenters. The van der Waals surface area contributed by atoms with Gasteiger partial charge in [0.1, 0.15) is 0 Å². The Labute approximate surface area is 83.4 Å². The van der Waals surface area contributed by atoms with Crippen LogP contribution in [0, 0.1) is 0 Å². The number of thioether (sulfide) groups is 1. The third-order valence-corrected chi connectivity index (χ3v) is 3.43. The van der Waals surface area contributed by atoms with Crippen LogP contribution in [0.15, 0.2) is 40.3 Å². The number of rotatable bonds is 1. The van der Waals surface area contributed by atoms with Gasteiger partial charge in [-0.1, -0.05) is 30.0 Å². The van der Waals surface area contributed by atoms with Crippen LogP contribution in [0.4, 0.5) is 5.69 Å². The van der Waals surface area contributed by atoms with E-state index in [2.05, 4.69) is 49.1 Å². The maximum atomic E-state index is 2.35. The molecule has 0 amide bonds. The summed E-state index contributed by atoms with van der Waals surface area (Å²) in [6.07, 6.45) is 2.17. The van der Waals surface area contributed by atoms with Gasteiger partial charge in [-0.2, -0.15) is 0 Å². The summed E-state index contributed by atoms with van der Waals surface area (Å²) >= 11 is 1.86. The number of allylic oxidation sites excluding steroid dienone is 1. The molecule has 1 heterocycles. The lowest BCUT2D eigenvalue weighted by molar-refractivity contribution is 1.00. The van der Waals surface area contributed by atoms with Crippen LogP contribution in [0.1, 0.15) is 13.8 Å². The van der Waals surface area contributed by atoms with Gasteiger partial charge in [-0.25, -0.2) is 0 Å². The first-order valence-electron chi connectivity index (χ1n) is 4.57. The molecule has 0 bridgehead atoms. The molecule has 0 aromatic heterocycles. The maximum Gasteiger partial charge on any atom is 0.0757 e. The van der Waals surface area contributed by atoms with E-state index in [0.717, 1.165) is 6.54 Å². The first kappa shape index (κ1) is 8.70. The van der Waals surface area contributed by atoms with Crippen LogP contribution in [-0.4, -0.2) is 6.54 Å². The van der Waals surface area contributed by atoms with Crippen LogP contribution in [0.5, 0.6) is 0 Å². The van der Waals surface area contributed by atoms with Gasteiger partial charge in [-0.05, 0) is 26.0 Å². The van der Waals surface area contributed by atoms with Gasteiger partial charge in [0.05, 0.1) is 10.7 Å². The van der Waals surface area contributed by atoms with Crippen molar-refractivity contribution >= 4 is 17.4 Å². The Bertz CT molecular complexity index is 344. The summed E-state index contributed by atoms with van der Waals surface area (Å²) in [6, 6.07) is 8.56. The van der Waals surface area contributed by atoms with Gasteiger partial charge in [0.15, 0.2) is 0 Å². The molecule has 0 N–H and O–H groups in total. The quantitative estimate of drug-likeness (QED) is 0.668. The Balaban J connectivity index is 2.46. The summed E-state index contributed by atoms with van der Waals surface area (Å²) in [7, 11) is 0. The van der Waals surface area contributed by atoms with Crippen molar-refractivity contribution in [2.24, 2.45) is 0 Å². The number of hydrogen-bond donors (Lipinski definition) is 0. The van der Waals surface area contributed by atoms with Crippen molar-refractivity contribution in [3.05, 3.63) is 35.4 Å². The summed E-state index contributed by atoms with van der Waals surface area (Å²) in [6.45, 7) is 5.33. The molecule has 0 atom stereocenters. The number of hydrogen-bond acceptors (Lipinski definition) is 2. The van der Waals surface area contributed by atoms with Crippen LogP contribution in [0.2, 0.25) is 0 Å². The van der Waals surface area contributed by atoms with E-state index in [-0.39, 0.29) is 0 Å². The van der Waals surface area contributed by atoms with E-state index in [1.165, 1.54) is 15.6 Å². The van der Waals surface area contributed by atoms with Gasteiger partial charge in [0, 0.05) is 11.4 Å². The standard InChI is InChI=1S/C11H13NS/c1-3-11-12(4-2)9-7-5-6-8-10(9)13-11/h3,5-8H,4H2,1-2H3/b11-3+.